The molecule has 0 aliphatic carbocycles. The van der Waals surface area contributed by atoms with Gasteiger partial charge in [-0.1, -0.05) is 0 Å². The van der Waals surface area contributed by atoms with E-state index in [1.54, 1.807) is 0 Å². The summed E-state index contributed by atoms with van der Waals surface area (Å²) in [6, 6.07) is 0. The predicted molar refractivity (Wildman–Crippen MR) is 65.4 cm³/mol. The zero-order valence-corrected chi connectivity index (χ0v) is 11.0. The maximum absolute atomic E-state index is 11.1. The van der Waals surface area contributed by atoms with Crippen LogP contribution in [0.4, 0.5) is 0 Å². The third kappa shape index (κ3) is 14.4. The summed E-state index contributed by atoms with van der Waals surface area (Å²) in [4.78, 5) is 31.4. The van der Waals surface area contributed by atoms with E-state index in [0.717, 1.165) is 0 Å². The minimum atomic E-state index is -1.14. The lowest BCUT2D eigenvalue weighted by molar-refractivity contribution is -0.143. The van der Waals surface area contributed by atoms with Crippen LogP contribution in [0.25, 0.3) is 0 Å². The van der Waals surface area contributed by atoms with E-state index in [-0.39, 0.29) is 39.4 Å². The van der Waals surface area contributed by atoms with Gasteiger partial charge in [0.25, 0.3) is 0 Å². The average Bonchev–Trinajstić information content (AvgIpc) is 2.36. The van der Waals surface area contributed by atoms with Gasteiger partial charge >= 0.3 is 11.9 Å². The molecule has 0 bridgehead atoms. The highest BCUT2D eigenvalue weighted by atomic mass is 16.5. The zero-order chi connectivity index (χ0) is 15.2. The fourth-order valence-corrected chi connectivity index (χ4v) is 1.03. The third-order valence-electron chi connectivity index (χ3n) is 1.86. The van der Waals surface area contributed by atoms with Gasteiger partial charge in [0.05, 0.1) is 32.8 Å². The number of rotatable bonds is 13. The minimum absolute atomic E-state index is 0.0492. The van der Waals surface area contributed by atoms with Crippen molar-refractivity contribution in [2.24, 2.45) is 0 Å². The van der Waals surface area contributed by atoms with Crippen molar-refractivity contribution in [1.29, 1.82) is 0 Å². The number of carbonyl (C=O) groups excluding carboxylic acids is 1. The highest BCUT2D eigenvalue weighted by molar-refractivity contribution is 5.77. The SMILES string of the molecule is O=C(O)CCOCCOCCNC(=O)COCC(=O)O. The molecule has 0 radical (unpaired) electrons. The van der Waals surface area contributed by atoms with Gasteiger partial charge in [0, 0.05) is 6.54 Å². The first kappa shape index (κ1) is 18.3. The lowest BCUT2D eigenvalue weighted by atomic mass is 10.5. The van der Waals surface area contributed by atoms with Crippen molar-refractivity contribution in [2.75, 3.05) is 46.2 Å². The second-order valence-corrected chi connectivity index (χ2v) is 3.60. The molecule has 0 atom stereocenters. The molecule has 0 aliphatic heterocycles. The van der Waals surface area contributed by atoms with Crippen molar-refractivity contribution in [2.45, 2.75) is 6.42 Å². The smallest absolute Gasteiger partial charge is 0.329 e. The number of carbonyl (C=O) groups is 3. The first-order chi connectivity index (χ1) is 9.52. The molecule has 0 fully saturated rings. The molecule has 0 spiro atoms. The molecule has 0 heterocycles. The second kappa shape index (κ2) is 12.3. The van der Waals surface area contributed by atoms with Gasteiger partial charge in [-0.05, 0) is 0 Å². The van der Waals surface area contributed by atoms with E-state index in [1.807, 2.05) is 0 Å². The first-order valence-corrected chi connectivity index (χ1v) is 5.96. The molecule has 0 aromatic carbocycles. The van der Waals surface area contributed by atoms with Crippen molar-refractivity contribution in [3.63, 3.8) is 0 Å². The van der Waals surface area contributed by atoms with Crippen molar-refractivity contribution >= 4 is 17.8 Å². The summed E-state index contributed by atoms with van der Waals surface area (Å²) in [5.41, 5.74) is 0. The quantitative estimate of drug-likeness (QED) is 0.357. The summed E-state index contributed by atoms with van der Waals surface area (Å²) in [7, 11) is 0. The number of amides is 1. The highest BCUT2D eigenvalue weighted by Crippen LogP contribution is 1.83. The summed E-state index contributed by atoms with van der Waals surface area (Å²) >= 11 is 0. The topological polar surface area (TPSA) is 131 Å². The van der Waals surface area contributed by atoms with Crippen LogP contribution in [0.15, 0.2) is 0 Å². The Labute approximate surface area is 115 Å². The fourth-order valence-electron chi connectivity index (χ4n) is 1.03. The maximum atomic E-state index is 11.1. The van der Waals surface area contributed by atoms with Gasteiger partial charge in [-0.25, -0.2) is 4.79 Å². The summed E-state index contributed by atoms with van der Waals surface area (Å²) in [5, 5.41) is 19.1. The summed E-state index contributed by atoms with van der Waals surface area (Å²) in [5.74, 6) is -2.48. The molecule has 9 nitrogen and oxygen atoms in total. The number of ether oxygens (including phenoxy) is 3. The van der Waals surface area contributed by atoms with Gasteiger partial charge < -0.3 is 29.7 Å². The highest BCUT2D eigenvalue weighted by Gasteiger charge is 2.02. The largest absolute Gasteiger partial charge is 0.481 e. The molecule has 116 valence electrons. The number of hydrogen-bond donors (Lipinski definition) is 3. The number of aliphatic carboxylic acids is 2. The molecule has 20 heavy (non-hydrogen) atoms. The normalized spacial score (nSPS) is 10.2. The number of hydrogen-bond acceptors (Lipinski definition) is 6. The molecular formula is C11H19NO8. The monoisotopic (exact) mass is 293 g/mol. The molecule has 1 amide bonds. The molecule has 0 aliphatic rings. The number of carboxylic acids is 2. The van der Waals surface area contributed by atoms with E-state index in [9.17, 15) is 14.4 Å². The minimum Gasteiger partial charge on any atom is -0.481 e. The molecule has 3 N–H and O–H groups in total. The number of nitrogens with one attached hydrogen (secondary N) is 1. The van der Waals surface area contributed by atoms with Crippen LogP contribution < -0.4 is 5.32 Å². The van der Waals surface area contributed by atoms with E-state index in [4.69, 9.17) is 19.7 Å². The van der Waals surface area contributed by atoms with Gasteiger partial charge in [0.15, 0.2) is 0 Å². The van der Waals surface area contributed by atoms with E-state index in [2.05, 4.69) is 10.1 Å². The van der Waals surface area contributed by atoms with Crippen molar-refractivity contribution in [1.82, 2.24) is 5.32 Å². The van der Waals surface area contributed by atoms with Gasteiger partial charge in [-0.3, -0.25) is 9.59 Å². The van der Waals surface area contributed by atoms with Gasteiger partial charge in [-0.15, -0.1) is 0 Å². The predicted octanol–water partition coefficient (Wildman–Crippen LogP) is -1.29. The Morgan fingerprint density at radius 3 is 2.05 bits per heavy atom. The maximum Gasteiger partial charge on any atom is 0.329 e. The van der Waals surface area contributed by atoms with Gasteiger partial charge in [-0.2, -0.15) is 0 Å². The van der Waals surface area contributed by atoms with E-state index < -0.39 is 24.5 Å². The average molecular weight is 293 g/mol. The van der Waals surface area contributed by atoms with Crippen LogP contribution in [0.3, 0.4) is 0 Å². The van der Waals surface area contributed by atoms with Crippen LogP contribution in [0, 0.1) is 0 Å². The first-order valence-electron chi connectivity index (χ1n) is 5.96. The van der Waals surface area contributed by atoms with E-state index >= 15 is 0 Å². The Kier molecular flexibility index (Phi) is 11.3. The Morgan fingerprint density at radius 2 is 1.45 bits per heavy atom. The lowest BCUT2D eigenvalue weighted by Crippen LogP contribution is -2.31. The molecule has 0 aromatic heterocycles. The molecular weight excluding hydrogens is 274 g/mol. The Balaban J connectivity index is 3.21. The van der Waals surface area contributed by atoms with Crippen LogP contribution in [-0.4, -0.2) is 74.2 Å². The van der Waals surface area contributed by atoms with Crippen LogP contribution in [0.5, 0.6) is 0 Å². The molecule has 0 unspecified atom stereocenters. The van der Waals surface area contributed by atoms with Crippen LogP contribution in [0.2, 0.25) is 0 Å². The van der Waals surface area contributed by atoms with Crippen molar-refractivity contribution < 1.29 is 38.8 Å². The van der Waals surface area contributed by atoms with Gasteiger partial charge in [0.2, 0.25) is 5.91 Å². The Morgan fingerprint density at radius 1 is 0.800 bits per heavy atom. The van der Waals surface area contributed by atoms with Crippen LogP contribution in [-0.2, 0) is 28.6 Å². The van der Waals surface area contributed by atoms with E-state index in [0.29, 0.717) is 6.61 Å². The van der Waals surface area contributed by atoms with Gasteiger partial charge in [0.1, 0.15) is 13.2 Å². The zero-order valence-electron chi connectivity index (χ0n) is 11.0. The molecule has 0 rings (SSSR count). The van der Waals surface area contributed by atoms with Crippen LogP contribution in [0.1, 0.15) is 6.42 Å². The summed E-state index contributed by atoms with van der Waals surface area (Å²) < 4.78 is 14.7. The fraction of sp³-hybridized carbons (Fsp3) is 0.727. The molecule has 0 saturated heterocycles. The Bertz CT molecular complexity index is 307. The van der Waals surface area contributed by atoms with Crippen LogP contribution >= 0.6 is 0 Å². The van der Waals surface area contributed by atoms with Crippen molar-refractivity contribution in [3.8, 4) is 0 Å². The second-order valence-electron chi connectivity index (χ2n) is 3.60. The lowest BCUT2D eigenvalue weighted by Gasteiger charge is -2.06. The summed E-state index contributed by atoms with van der Waals surface area (Å²) in [6.45, 7) is 0.420. The molecule has 0 aromatic rings. The molecule has 9 heteroatoms. The number of carboxylic acid groups (broad SMARTS) is 2. The summed E-state index contributed by atoms with van der Waals surface area (Å²) in [6.07, 6.45) is -0.0492. The van der Waals surface area contributed by atoms with Crippen molar-refractivity contribution in [3.05, 3.63) is 0 Å². The standard InChI is InChI=1S/C11H19NO8/c13-9(7-20-8-11(16)17)12-2-4-19-6-5-18-3-1-10(14)15/h1-8H2,(H,12,13)(H,14,15)(H,16,17). The van der Waals surface area contributed by atoms with E-state index in [1.165, 1.54) is 0 Å². The Hall–Kier alpha value is -1.71. The molecule has 0 saturated carbocycles. The third-order valence-corrected chi connectivity index (χ3v) is 1.86.